The maximum atomic E-state index is 11.6. The second kappa shape index (κ2) is 19.7. The number of aliphatic carboxylic acids is 2. The van der Waals surface area contributed by atoms with Crippen LogP contribution in [0.15, 0.2) is 0 Å². The van der Waals surface area contributed by atoms with Gasteiger partial charge in [-0.25, -0.2) is 0 Å². The number of carboxylic acids is 2. The van der Waals surface area contributed by atoms with Gasteiger partial charge in [-0.05, 0) is 19.3 Å². The van der Waals surface area contributed by atoms with Crippen LogP contribution in [-0.2, 0) is 14.4 Å². The van der Waals surface area contributed by atoms with Crippen LogP contribution in [0.1, 0.15) is 77.6 Å². The van der Waals surface area contributed by atoms with Crippen LogP contribution in [0.4, 0.5) is 0 Å². The van der Waals surface area contributed by atoms with Crippen molar-refractivity contribution >= 4 is 17.8 Å². The van der Waals surface area contributed by atoms with E-state index in [1.165, 1.54) is 25.7 Å². The quantitative estimate of drug-likeness (QED) is 0.246. The van der Waals surface area contributed by atoms with Gasteiger partial charge in [-0.3, -0.25) is 4.79 Å². The molecular formula is C16H27NNa2O5. The normalized spacial score (nSPS) is 10.9. The first-order valence-electron chi connectivity index (χ1n) is 8.17. The van der Waals surface area contributed by atoms with Gasteiger partial charge in [0.25, 0.3) is 0 Å². The molecule has 1 atom stereocenters. The summed E-state index contributed by atoms with van der Waals surface area (Å²) in [6.07, 6.45) is 8.46. The van der Waals surface area contributed by atoms with Crippen LogP contribution in [0.2, 0.25) is 0 Å². The fourth-order valence-electron chi connectivity index (χ4n) is 2.20. The zero-order chi connectivity index (χ0) is 16.8. The molecule has 0 spiro atoms. The monoisotopic (exact) mass is 359 g/mol. The minimum Gasteiger partial charge on any atom is -0.550 e. The molecule has 8 heteroatoms. The maximum Gasteiger partial charge on any atom is 1.00 e. The minimum absolute atomic E-state index is 0. The molecule has 0 heterocycles. The Hall–Kier alpha value is 0.410. The molecule has 0 saturated carbocycles. The van der Waals surface area contributed by atoms with E-state index < -0.39 is 24.4 Å². The molecule has 0 aliphatic carbocycles. The van der Waals surface area contributed by atoms with Gasteiger partial charge in [0.15, 0.2) is 0 Å². The molecule has 0 aromatic carbocycles. The zero-order valence-corrected chi connectivity index (χ0v) is 19.4. The summed E-state index contributed by atoms with van der Waals surface area (Å²) in [5.41, 5.74) is 0. The zero-order valence-electron chi connectivity index (χ0n) is 15.4. The third-order valence-corrected chi connectivity index (χ3v) is 3.51. The maximum absolute atomic E-state index is 11.6. The predicted octanol–water partition coefficient (Wildman–Crippen LogP) is -5.71. The van der Waals surface area contributed by atoms with E-state index in [2.05, 4.69) is 12.2 Å². The van der Waals surface area contributed by atoms with Gasteiger partial charge in [-0.15, -0.1) is 0 Å². The molecule has 0 fully saturated rings. The van der Waals surface area contributed by atoms with E-state index in [0.29, 0.717) is 6.42 Å². The van der Waals surface area contributed by atoms with Crippen LogP contribution in [0, 0.1) is 0 Å². The number of hydrogen-bond donors (Lipinski definition) is 1. The molecule has 0 radical (unpaired) electrons. The Morgan fingerprint density at radius 2 is 1.33 bits per heavy atom. The number of unbranched alkanes of at least 4 members (excludes halogenated alkanes) is 7. The van der Waals surface area contributed by atoms with Gasteiger partial charge in [0.1, 0.15) is 0 Å². The second-order valence-electron chi connectivity index (χ2n) is 5.57. The van der Waals surface area contributed by atoms with Gasteiger partial charge in [0.05, 0.1) is 12.0 Å². The molecule has 1 unspecified atom stereocenters. The third-order valence-electron chi connectivity index (χ3n) is 3.51. The van der Waals surface area contributed by atoms with Crippen molar-refractivity contribution in [3.8, 4) is 0 Å². The number of rotatable bonds is 14. The van der Waals surface area contributed by atoms with Gasteiger partial charge in [0.2, 0.25) is 5.91 Å². The molecule has 6 nitrogen and oxygen atoms in total. The summed E-state index contributed by atoms with van der Waals surface area (Å²) in [5, 5.41) is 23.4. The summed E-state index contributed by atoms with van der Waals surface area (Å²) in [7, 11) is 0. The molecule has 0 saturated heterocycles. The number of carboxylic acid groups (broad SMARTS) is 2. The smallest absolute Gasteiger partial charge is 0.550 e. The average Bonchev–Trinajstić information content (AvgIpc) is 2.45. The SMILES string of the molecule is CCCCCCCCCCC(=O)NC(CCC(=O)[O-])C(=O)[O-].[Na+].[Na+]. The summed E-state index contributed by atoms with van der Waals surface area (Å²) in [6, 6.07) is -1.26. The molecule has 1 N–H and O–H groups in total. The Balaban J connectivity index is -0.00000220. The summed E-state index contributed by atoms with van der Waals surface area (Å²) in [4.78, 5) is 32.7. The number of carbonyl (C=O) groups excluding carboxylic acids is 3. The van der Waals surface area contributed by atoms with E-state index in [1.54, 1.807) is 0 Å². The summed E-state index contributed by atoms with van der Waals surface area (Å²) in [5.74, 6) is -3.19. The second-order valence-corrected chi connectivity index (χ2v) is 5.57. The molecule has 1 amide bonds. The average molecular weight is 359 g/mol. The van der Waals surface area contributed by atoms with E-state index in [1.807, 2.05) is 0 Å². The summed E-state index contributed by atoms with van der Waals surface area (Å²) >= 11 is 0. The van der Waals surface area contributed by atoms with Crippen LogP contribution in [0.25, 0.3) is 0 Å². The van der Waals surface area contributed by atoms with Crippen LogP contribution in [0.5, 0.6) is 0 Å². The first-order valence-corrected chi connectivity index (χ1v) is 8.17. The van der Waals surface area contributed by atoms with Crippen molar-refractivity contribution in [1.29, 1.82) is 0 Å². The summed E-state index contributed by atoms with van der Waals surface area (Å²) in [6.45, 7) is 2.17. The Morgan fingerprint density at radius 3 is 1.79 bits per heavy atom. The molecule has 0 aliphatic heterocycles. The van der Waals surface area contributed by atoms with Crippen molar-refractivity contribution in [2.24, 2.45) is 0 Å². The van der Waals surface area contributed by atoms with E-state index in [0.717, 1.165) is 19.3 Å². The first-order chi connectivity index (χ1) is 10.5. The van der Waals surface area contributed by atoms with Crippen LogP contribution in [0.3, 0.4) is 0 Å². The molecular weight excluding hydrogens is 332 g/mol. The fourth-order valence-corrected chi connectivity index (χ4v) is 2.20. The van der Waals surface area contributed by atoms with Crippen LogP contribution < -0.4 is 74.6 Å². The predicted molar refractivity (Wildman–Crippen MR) is 78.4 cm³/mol. The van der Waals surface area contributed by atoms with Gasteiger partial charge in [-0.2, -0.15) is 0 Å². The van der Waals surface area contributed by atoms with Gasteiger partial charge in [-0.1, -0.05) is 51.9 Å². The number of amides is 1. The first kappa shape index (κ1) is 29.2. The number of nitrogens with one attached hydrogen (secondary N) is 1. The van der Waals surface area contributed by atoms with Crippen molar-refractivity contribution in [3.05, 3.63) is 0 Å². The van der Waals surface area contributed by atoms with Gasteiger partial charge in [0, 0.05) is 12.4 Å². The van der Waals surface area contributed by atoms with Crippen molar-refractivity contribution < 1.29 is 83.7 Å². The van der Waals surface area contributed by atoms with Gasteiger partial charge < -0.3 is 25.1 Å². The Morgan fingerprint density at radius 1 is 0.833 bits per heavy atom. The Kier molecular flexibility index (Phi) is 24.0. The van der Waals surface area contributed by atoms with Crippen molar-refractivity contribution in [2.45, 2.75) is 83.6 Å². The molecule has 128 valence electrons. The van der Waals surface area contributed by atoms with Crippen LogP contribution in [-0.4, -0.2) is 23.9 Å². The molecule has 0 aromatic rings. The van der Waals surface area contributed by atoms with Crippen molar-refractivity contribution in [2.75, 3.05) is 0 Å². The van der Waals surface area contributed by atoms with Crippen molar-refractivity contribution in [1.82, 2.24) is 5.32 Å². The van der Waals surface area contributed by atoms with E-state index in [4.69, 9.17) is 0 Å². The Bertz CT molecular complexity index is 353. The van der Waals surface area contributed by atoms with E-state index in [-0.39, 0.29) is 77.9 Å². The Labute approximate surface area is 189 Å². The van der Waals surface area contributed by atoms with Crippen LogP contribution >= 0.6 is 0 Å². The fraction of sp³-hybridized carbons (Fsp3) is 0.812. The van der Waals surface area contributed by atoms with E-state index >= 15 is 0 Å². The molecule has 24 heavy (non-hydrogen) atoms. The van der Waals surface area contributed by atoms with E-state index in [9.17, 15) is 24.6 Å². The van der Waals surface area contributed by atoms with Crippen molar-refractivity contribution in [3.63, 3.8) is 0 Å². The number of hydrogen-bond acceptors (Lipinski definition) is 5. The molecule has 0 aromatic heterocycles. The van der Waals surface area contributed by atoms with Gasteiger partial charge >= 0.3 is 59.1 Å². The molecule has 0 rings (SSSR count). The summed E-state index contributed by atoms with van der Waals surface area (Å²) < 4.78 is 0. The number of carbonyl (C=O) groups is 3. The molecule has 0 bridgehead atoms. The standard InChI is InChI=1S/C16H29NO5.2Na/c1-2-3-4-5-6-7-8-9-10-14(18)17-13(16(21)22)11-12-15(19)20;;/h13H,2-12H2,1H3,(H,17,18)(H,19,20)(H,21,22);;/q;2*+1/p-2. The third kappa shape index (κ3) is 18.7. The minimum atomic E-state index is -1.47. The molecule has 0 aliphatic rings. The largest absolute Gasteiger partial charge is 1.00 e. The topological polar surface area (TPSA) is 109 Å².